The van der Waals surface area contributed by atoms with Gasteiger partial charge in [0.15, 0.2) is 0 Å². The number of aryl methyl sites for hydroxylation is 1. The number of nitro groups is 1. The van der Waals surface area contributed by atoms with Gasteiger partial charge in [0.25, 0.3) is 17.5 Å². The molecule has 2 N–H and O–H groups in total. The highest BCUT2D eigenvalue weighted by Gasteiger charge is 2.15. The van der Waals surface area contributed by atoms with Crippen molar-refractivity contribution in [3.63, 3.8) is 0 Å². The van der Waals surface area contributed by atoms with Gasteiger partial charge in [0, 0.05) is 22.8 Å². The van der Waals surface area contributed by atoms with Gasteiger partial charge in [-0.3, -0.25) is 19.7 Å². The summed E-state index contributed by atoms with van der Waals surface area (Å²) in [6.07, 6.45) is 1.38. The summed E-state index contributed by atoms with van der Waals surface area (Å²) in [6.45, 7) is 1.22. The maximum atomic E-state index is 12.1. The molecular formula is C19H20N4O6. The summed E-state index contributed by atoms with van der Waals surface area (Å²) in [4.78, 5) is 34.4. The summed E-state index contributed by atoms with van der Waals surface area (Å²) in [5.74, 6) is -0.0455. The maximum absolute atomic E-state index is 12.1. The number of nitrogens with zero attached hydrogens (tertiary/aromatic N) is 2. The third-order valence-corrected chi connectivity index (χ3v) is 3.91. The molecule has 0 unspecified atom stereocenters. The lowest BCUT2D eigenvalue weighted by Crippen LogP contribution is -2.34. The van der Waals surface area contributed by atoms with E-state index in [0.717, 1.165) is 6.07 Å². The lowest BCUT2D eigenvalue weighted by molar-refractivity contribution is -0.385. The molecule has 0 saturated heterocycles. The summed E-state index contributed by atoms with van der Waals surface area (Å²) in [5.41, 5.74) is 3.22. The summed E-state index contributed by atoms with van der Waals surface area (Å²) < 4.78 is 10.3. The molecular weight excluding hydrogens is 380 g/mol. The van der Waals surface area contributed by atoms with Gasteiger partial charge in [0.1, 0.15) is 11.5 Å². The van der Waals surface area contributed by atoms with Crippen LogP contribution in [0, 0.1) is 17.0 Å². The van der Waals surface area contributed by atoms with Crippen LogP contribution in [0.3, 0.4) is 0 Å². The third-order valence-electron chi connectivity index (χ3n) is 3.91. The smallest absolute Gasteiger partial charge is 0.273 e. The Balaban J connectivity index is 1.93. The Kier molecular flexibility index (Phi) is 7.24. The molecule has 0 fully saturated rings. The summed E-state index contributed by atoms with van der Waals surface area (Å²) >= 11 is 0. The zero-order valence-corrected chi connectivity index (χ0v) is 16.1. The molecule has 0 spiro atoms. The molecule has 2 aromatic carbocycles. The predicted octanol–water partition coefficient (Wildman–Crippen LogP) is 1.80. The van der Waals surface area contributed by atoms with Crippen molar-refractivity contribution in [1.82, 2.24) is 10.7 Å². The lowest BCUT2D eigenvalue weighted by Gasteiger charge is -2.07. The van der Waals surface area contributed by atoms with Crippen LogP contribution in [0.25, 0.3) is 0 Å². The number of rotatable bonds is 8. The van der Waals surface area contributed by atoms with Crippen LogP contribution in [-0.4, -0.2) is 43.7 Å². The first-order chi connectivity index (χ1) is 13.8. The first kappa shape index (κ1) is 21.4. The lowest BCUT2D eigenvalue weighted by atomic mass is 10.1. The first-order valence-corrected chi connectivity index (χ1v) is 8.43. The van der Waals surface area contributed by atoms with Crippen LogP contribution in [0.4, 0.5) is 5.69 Å². The average Bonchev–Trinajstić information content (AvgIpc) is 2.71. The number of carbonyl (C=O) groups is 2. The molecule has 152 valence electrons. The minimum absolute atomic E-state index is 0.0831. The van der Waals surface area contributed by atoms with Crippen molar-refractivity contribution in [1.29, 1.82) is 0 Å². The van der Waals surface area contributed by atoms with Gasteiger partial charge >= 0.3 is 0 Å². The molecule has 2 rings (SSSR count). The number of amides is 2. The molecule has 10 nitrogen and oxygen atoms in total. The highest BCUT2D eigenvalue weighted by Crippen LogP contribution is 2.22. The van der Waals surface area contributed by atoms with E-state index in [2.05, 4.69) is 15.8 Å². The molecule has 2 aromatic rings. The summed E-state index contributed by atoms with van der Waals surface area (Å²) in [7, 11) is 3.03. The topological polar surface area (TPSA) is 132 Å². The van der Waals surface area contributed by atoms with Gasteiger partial charge in [-0.25, -0.2) is 5.43 Å². The molecule has 0 bridgehead atoms. The van der Waals surface area contributed by atoms with E-state index in [-0.39, 0.29) is 17.8 Å². The fourth-order valence-corrected chi connectivity index (χ4v) is 2.36. The number of methoxy groups -OCH3 is 2. The quantitative estimate of drug-likeness (QED) is 0.394. The van der Waals surface area contributed by atoms with E-state index < -0.39 is 16.7 Å². The Morgan fingerprint density at radius 1 is 1.17 bits per heavy atom. The molecule has 10 heteroatoms. The van der Waals surface area contributed by atoms with Crippen LogP contribution < -0.4 is 20.2 Å². The highest BCUT2D eigenvalue weighted by atomic mass is 16.6. The van der Waals surface area contributed by atoms with Crippen molar-refractivity contribution in [2.75, 3.05) is 20.8 Å². The molecule has 0 aromatic heterocycles. The fourth-order valence-electron chi connectivity index (χ4n) is 2.36. The Labute approximate surface area is 166 Å². The molecule has 0 saturated carbocycles. The highest BCUT2D eigenvalue weighted by molar-refractivity contribution is 5.97. The zero-order valence-electron chi connectivity index (χ0n) is 16.1. The minimum atomic E-state index is -0.610. The largest absolute Gasteiger partial charge is 0.497 e. The van der Waals surface area contributed by atoms with Crippen LogP contribution in [0.1, 0.15) is 21.5 Å². The van der Waals surface area contributed by atoms with Crippen LogP contribution in [0.2, 0.25) is 0 Å². The second-order valence-corrected chi connectivity index (χ2v) is 5.84. The van der Waals surface area contributed by atoms with Gasteiger partial charge < -0.3 is 14.8 Å². The van der Waals surface area contributed by atoms with Gasteiger partial charge in [0.05, 0.1) is 31.9 Å². The van der Waals surface area contributed by atoms with Gasteiger partial charge in [-0.05, 0) is 31.2 Å². The number of nitrogens with one attached hydrogen (secondary N) is 2. The standard InChI is InChI=1S/C19H20N4O6/c1-12-4-5-13(9-16(12)23(26)27)19(25)20-11-18(24)22-21-10-14-8-15(28-2)6-7-17(14)29-3/h4-10H,11H2,1-3H3,(H,20,25)(H,22,24)/b21-10+. The van der Waals surface area contributed by atoms with Crippen molar-refractivity contribution < 1.29 is 24.0 Å². The fraction of sp³-hybridized carbons (Fsp3) is 0.211. The maximum Gasteiger partial charge on any atom is 0.273 e. The first-order valence-electron chi connectivity index (χ1n) is 8.43. The number of hydrogen-bond donors (Lipinski definition) is 2. The van der Waals surface area contributed by atoms with Crippen LogP contribution in [0.5, 0.6) is 11.5 Å². The van der Waals surface area contributed by atoms with E-state index in [1.165, 1.54) is 32.6 Å². The molecule has 0 atom stereocenters. The summed E-state index contributed by atoms with van der Waals surface area (Å²) in [5, 5.41) is 17.2. The molecule has 0 heterocycles. The molecule has 0 radical (unpaired) electrons. The molecule has 2 amide bonds. The predicted molar refractivity (Wildman–Crippen MR) is 105 cm³/mol. The van der Waals surface area contributed by atoms with Crippen LogP contribution >= 0.6 is 0 Å². The minimum Gasteiger partial charge on any atom is -0.497 e. The number of ether oxygens (including phenoxy) is 2. The molecule has 0 aliphatic carbocycles. The second-order valence-electron chi connectivity index (χ2n) is 5.84. The van der Waals surface area contributed by atoms with E-state index >= 15 is 0 Å². The van der Waals surface area contributed by atoms with Gasteiger partial charge in [-0.2, -0.15) is 5.10 Å². The van der Waals surface area contributed by atoms with E-state index in [4.69, 9.17) is 9.47 Å². The van der Waals surface area contributed by atoms with Crippen molar-refractivity contribution >= 4 is 23.7 Å². The monoisotopic (exact) mass is 400 g/mol. The zero-order chi connectivity index (χ0) is 21.4. The number of hydrazone groups is 1. The van der Waals surface area contributed by atoms with E-state index in [0.29, 0.717) is 22.6 Å². The van der Waals surface area contributed by atoms with E-state index in [1.54, 1.807) is 25.1 Å². The second kappa shape index (κ2) is 9.83. The number of nitro benzene ring substituents is 1. The van der Waals surface area contributed by atoms with Crippen molar-refractivity contribution in [3.05, 3.63) is 63.2 Å². The number of carbonyl (C=O) groups excluding carboxylic acids is 2. The Morgan fingerprint density at radius 2 is 1.93 bits per heavy atom. The van der Waals surface area contributed by atoms with Crippen molar-refractivity contribution in [3.8, 4) is 11.5 Å². The van der Waals surface area contributed by atoms with E-state index in [9.17, 15) is 19.7 Å². The average molecular weight is 400 g/mol. The van der Waals surface area contributed by atoms with Crippen molar-refractivity contribution in [2.45, 2.75) is 6.92 Å². The molecule has 0 aliphatic heterocycles. The van der Waals surface area contributed by atoms with Crippen LogP contribution in [-0.2, 0) is 4.79 Å². The molecule has 0 aliphatic rings. The number of hydrogen-bond acceptors (Lipinski definition) is 7. The van der Waals surface area contributed by atoms with Gasteiger partial charge in [0.2, 0.25) is 0 Å². The van der Waals surface area contributed by atoms with Gasteiger partial charge in [-0.1, -0.05) is 6.07 Å². The van der Waals surface area contributed by atoms with E-state index in [1.807, 2.05) is 0 Å². The van der Waals surface area contributed by atoms with Crippen LogP contribution in [0.15, 0.2) is 41.5 Å². The Hall–Kier alpha value is -3.95. The molecule has 29 heavy (non-hydrogen) atoms. The normalized spacial score (nSPS) is 10.4. The Bertz CT molecular complexity index is 958. The number of benzene rings is 2. The SMILES string of the molecule is COc1ccc(OC)c(/C=N/NC(=O)CNC(=O)c2ccc(C)c([N+](=O)[O-])c2)c1. The van der Waals surface area contributed by atoms with Crippen molar-refractivity contribution in [2.24, 2.45) is 5.10 Å². The summed E-state index contributed by atoms with van der Waals surface area (Å²) in [6, 6.07) is 9.18. The third kappa shape index (κ3) is 5.76. The van der Waals surface area contributed by atoms with Gasteiger partial charge in [-0.15, -0.1) is 0 Å². The Morgan fingerprint density at radius 3 is 2.59 bits per heavy atom.